The Morgan fingerprint density at radius 2 is 1.92 bits per heavy atom. The van der Waals surface area contributed by atoms with Gasteiger partial charge in [-0.3, -0.25) is 4.79 Å². The minimum atomic E-state index is -2.45. The normalized spacial score (nSPS) is 26.8. The van der Waals surface area contributed by atoms with Gasteiger partial charge in [0.15, 0.2) is 0 Å². The highest BCUT2D eigenvalue weighted by Gasteiger charge is 2.46. The van der Waals surface area contributed by atoms with E-state index in [-0.39, 0.29) is 30.6 Å². The number of rotatable bonds is 3. The number of fused-ring (bicyclic) bond motifs is 1. The van der Waals surface area contributed by atoms with E-state index >= 15 is 0 Å². The number of hydrogen-bond acceptors (Lipinski definition) is 2. The summed E-state index contributed by atoms with van der Waals surface area (Å²) in [5.74, 6) is -2.07. The number of benzene rings is 1. The molecule has 1 atom stereocenters. The van der Waals surface area contributed by atoms with Crippen molar-refractivity contribution in [3.8, 4) is 0 Å². The Morgan fingerprint density at radius 1 is 1.16 bits per heavy atom. The Labute approximate surface area is 148 Å². The van der Waals surface area contributed by atoms with E-state index in [1.807, 2.05) is 11.0 Å². The zero-order chi connectivity index (χ0) is 17.4. The van der Waals surface area contributed by atoms with Crippen LogP contribution in [-0.2, 0) is 17.8 Å². The Bertz CT molecular complexity index is 640. The molecule has 1 aromatic rings. The number of carbonyl (C=O) groups excluding carboxylic acids is 1. The summed E-state index contributed by atoms with van der Waals surface area (Å²) >= 11 is 0. The third kappa shape index (κ3) is 3.71. The first-order valence-corrected chi connectivity index (χ1v) is 9.46. The summed E-state index contributed by atoms with van der Waals surface area (Å²) in [5, 5.41) is 0. The molecule has 2 aliphatic heterocycles. The first-order chi connectivity index (χ1) is 12.0. The predicted molar refractivity (Wildman–Crippen MR) is 92.4 cm³/mol. The standard InChI is InChI=1S/C20H26F2N2O/c21-20(22)10-15(11-20)12-23-8-3-6-18(13-23)19(25)24-9-7-16-4-1-2-5-17(16)14-24/h1-2,4-5,15,18H,3,6-14H2. The predicted octanol–water partition coefficient (Wildman–Crippen LogP) is 3.33. The molecule has 3 nitrogen and oxygen atoms in total. The van der Waals surface area contributed by atoms with Crippen LogP contribution in [-0.4, -0.2) is 47.8 Å². The van der Waals surface area contributed by atoms with Gasteiger partial charge in [0, 0.05) is 39.0 Å². The van der Waals surface area contributed by atoms with E-state index in [1.54, 1.807) is 0 Å². The lowest BCUT2D eigenvalue weighted by atomic mass is 9.80. The summed E-state index contributed by atoms with van der Waals surface area (Å²) in [6.45, 7) is 3.90. The lowest BCUT2D eigenvalue weighted by molar-refractivity contribution is -0.140. The van der Waals surface area contributed by atoms with E-state index in [9.17, 15) is 13.6 Å². The number of halogens is 2. The molecule has 0 radical (unpaired) electrons. The molecule has 0 aromatic heterocycles. The third-order valence-electron chi connectivity index (χ3n) is 5.99. The summed E-state index contributed by atoms with van der Waals surface area (Å²) in [4.78, 5) is 17.2. The van der Waals surface area contributed by atoms with Crippen molar-refractivity contribution in [3.05, 3.63) is 35.4 Å². The highest BCUT2D eigenvalue weighted by atomic mass is 19.3. The van der Waals surface area contributed by atoms with E-state index in [0.29, 0.717) is 6.54 Å². The van der Waals surface area contributed by atoms with Gasteiger partial charge >= 0.3 is 0 Å². The number of carbonyl (C=O) groups is 1. The maximum atomic E-state index is 13.0. The van der Waals surface area contributed by atoms with Crippen LogP contribution in [0, 0.1) is 11.8 Å². The van der Waals surface area contributed by atoms with Gasteiger partial charge in [-0.25, -0.2) is 8.78 Å². The van der Waals surface area contributed by atoms with Gasteiger partial charge in [-0.15, -0.1) is 0 Å². The van der Waals surface area contributed by atoms with Crippen molar-refractivity contribution in [3.63, 3.8) is 0 Å². The molecule has 1 unspecified atom stereocenters. The average molecular weight is 348 g/mol. The highest BCUT2D eigenvalue weighted by molar-refractivity contribution is 5.79. The molecular formula is C20H26F2N2O. The first kappa shape index (κ1) is 17.0. The van der Waals surface area contributed by atoms with Crippen LogP contribution in [0.3, 0.4) is 0 Å². The van der Waals surface area contributed by atoms with Gasteiger partial charge in [0.05, 0.1) is 5.92 Å². The molecule has 2 heterocycles. The third-order valence-corrected chi connectivity index (χ3v) is 5.99. The van der Waals surface area contributed by atoms with Crippen molar-refractivity contribution in [2.45, 2.75) is 44.6 Å². The fraction of sp³-hybridized carbons (Fsp3) is 0.650. The number of piperidine rings is 1. The SMILES string of the molecule is O=C(C1CCCN(CC2CC(F)(F)C2)C1)N1CCc2ccccc2C1. The molecule has 0 bridgehead atoms. The first-order valence-electron chi connectivity index (χ1n) is 9.46. The Hall–Kier alpha value is -1.49. The van der Waals surface area contributed by atoms with Crippen molar-refractivity contribution < 1.29 is 13.6 Å². The van der Waals surface area contributed by atoms with Crippen LogP contribution in [0.1, 0.15) is 36.8 Å². The Morgan fingerprint density at radius 3 is 2.68 bits per heavy atom. The van der Waals surface area contributed by atoms with Crippen molar-refractivity contribution in [1.82, 2.24) is 9.80 Å². The molecule has 4 rings (SSSR count). The van der Waals surface area contributed by atoms with Gasteiger partial charge in [-0.05, 0) is 42.9 Å². The van der Waals surface area contributed by atoms with Gasteiger partial charge in [-0.2, -0.15) is 0 Å². The number of likely N-dealkylation sites (tertiary alicyclic amines) is 1. The summed E-state index contributed by atoms with van der Waals surface area (Å²) in [5.41, 5.74) is 2.61. The van der Waals surface area contributed by atoms with Crippen LogP contribution >= 0.6 is 0 Å². The smallest absolute Gasteiger partial charge is 0.248 e. The lowest BCUT2D eigenvalue weighted by Crippen LogP contribution is -2.49. The number of amides is 1. The van der Waals surface area contributed by atoms with Crippen LogP contribution in [0.15, 0.2) is 24.3 Å². The van der Waals surface area contributed by atoms with Gasteiger partial charge in [0.25, 0.3) is 0 Å². The quantitative estimate of drug-likeness (QED) is 0.837. The molecule has 5 heteroatoms. The minimum Gasteiger partial charge on any atom is -0.338 e. The maximum Gasteiger partial charge on any atom is 0.248 e. The molecule has 25 heavy (non-hydrogen) atoms. The van der Waals surface area contributed by atoms with Gasteiger partial charge in [-0.1, -0.05) is 24.3 Å². The van der Waals surface area contributed by atoms with E-state index in [2.05, 4.69) is 23.1 Å². The second-order valence-electron chi connectivity index (χ2n) is 8.01. The summed E-state index contributed by atoms with van der Waals surface area (Å²) in [6, 6.07) is 8.34. The molecule has 2 fully saturated rings. The maximum absolute atomic E-state index is 13.0. The van der Waals surface area contributed by atoms with Crippen molar-refractivity contribution in [1.29, 1.82) is 0 Å². The fourth-order valence-electron chi connectivity index (χ4n) is 4.64. The van der Waals surface area contributed by atoms with Gasteiger partial charge < -0.3 is 9.80 Å². The Kier molecular flexibility index (Phi) is 4.52. The van der Waals surface area contributed by atoms with Crippen LogP contribution in [0.2, 0.25) is 0 Å². The summed E-state index contributed by atoms with van der Waals surface area (Å²) in [6.07, 6.45) is 2.88. The van der Waals surface area contributed by atoms with Crippen LogP contribution in [0.5, 0.6) is 0 Å². The molecule has 0 N–H and O–H groups in total. The highest BCUT2D eigenvalue weighted by Crippen LogP contribution is 2.43. The molecule has 136 valence electrons. The second-order valence-corrected chi connectivity index (χ2v) is 8.01. The molecular weight excluding hydrogens is 322 g/mol. The zero-order valence-electron chi connectivity index (χ0n) is 14.6. The van der Waals surface area contributed by atoms with E-state index in [4.69, 9.17) is 0 Å². The van der Waals surface area contributed by atoms with E-state index < -0.39 is 5.92 Å². The second kappa shape index (κ2) is 6.67. The number of nitrogens with zero attached hydrogens (tertiary/aromatic N) is 2. The van der Waals surface area contributed by atoms with E-state index in [0.717, 1.165) is 45.4 Å². The fourth-order valence-corrected chi connectivity index (χ4v) is 4.64. The van der Waals surface area contributed by atoms with Crippen molar-refractivity contribution in [2.75, 3.05) is 26.2 Å². The molecule has 1 aliphatic carbocycles. The van der Waals surface area contributed by atoms with Gasteiger partial charge in [0.1, 0.15) is 0 Å². The summed E-state index contributed by atoms with van der Waals surface area (Å²) < 4.78 is 26.1. The molecule has 1 amide bonds. The van der Waals surface area contributed by atoms with E-state index in [1.165, 1.54) is 11.1 Å². The zero-order valence-corrected chi connectivity index (χ0v) is 14.6. The number of alkyl halides is 2. The minimum absolute atomic E-state index is 0.0189. The van der Waals surface area contributed by atoms with Gasteiger partial charge in [0.2, 0.25) is 11.8 Å². The molecule has 0 spiro atoms. The molecule has 1 aromatic carbocycles. The van der Waals surface area contributed by atoms with Crippen LogP contribution in [0.25, 0.3) is 0 Å². The molecule has 1 saturated carbocycles. The largest absolute Gasteiger partial charge is 0.338 e. The molecule has 1 saturated heterocycles. The lowest BCUT2D eigenvalue weighted by Gasteiger charge is -2.41. The van der Waals surface area contributed by atoms with Crippen molar-refractivity contribution >= 4 is 5.91 Å². The average Bonchev–Trinajstić information content (AvgIpc) is 2.59. The van der Waals surface area contributed by atoms with Crippen LogP contribution < -0.4 is 0 Å². The number of hydrogen-bond donors (Lipinski definition) is 0. The van der Waals surface area contributed by atoms with Crippen LogP contribution in [0.4, 0.5) is 8.78 Å². The molecule has 3 aliphatic rings. The monoisotopic (exact) mass is 348 g/mol. The topological polar surface area (TPSA) is 23.6 Å². The van der Waals surface area contributed by atoms with Crippen molar-refractivity contribution in [2.24, 2.45) is 11.8 Å². The Balaban J connectivity index is 1.33. The summed E-state index contributed by atoms with van der Waals surface area (Å²) in [7, 11) is 0.